The molecule has 0 saturated carbocycles. The fourth-order valence-corrected chi connectivity index (χ4v) is 5.41. The maximum atomic E-state index is 13.4. The molecule has 0 bridgehead atoms. The summed E-state index contributed by atoms with van der Waals surface area (Å²) in [4.78, 5) is 42.8. The molecule has 0 unspecified atom stereocenters. The van der Waals surface area contributed by atoms with Crippen LogP contribution in [-0.4, -0.2) is 72.0 Å². The second-order valence-electron chi connectivity index (χ2n) is 10.2. The lowest BCUT2D eigenvalue weighted by molar-refractivity contribution is -0.160. The molecule has 2 aliphatic heterocycles. The van der Waals surface area contributed by atoms with Crippen LogP contribution < -0.4 is 10.6 Å². The molecule has 8 nitrogen and oxygen atoms in total. The van der Waals surface area contributed by atoms with Crippen LogP contribution in [0.15, 0.2) is 60.7 Å². The molecule has 0 aromatic heterocycles. The van der Waals surface area contributed by atoms with Gasteiger partial charge in [-0.3, -0.25) is 9.59 Å². The summed E-state index contributed by atoms with van der Waals surface area (Å²) >= 11 is 0. The number of carbonyl (C=O) groups is 3. The van der Waals surface area contributed by atoms with Crippen molar-refractivity contribution >= 4 is 17.9 Å². The number of nitrogens with one attached hydrogen (secondary N) is 2. The summed E-state index contributed by atoms with van der Waals surface area (Å²) in [5, 5.41) is 5.73. The quantitative estimate of drug-likeness (QED) is 0.344. The Kier molecular flexibility index (Phi) is 9.98. The van der Waals surface area contributed by atoms with Crippen LogP contribution in [0.2, 0.25) is 0 Å². The van der Waals surface area contributed by atoms with Gasteiger partial charge in [0, 0.05) is 26.2 Å². The van der Waals surface area contributed by atoms with Crippen molar-refractivity contribution in [2.45, 2.75) is 56.7 Å². The number of benzene rings is 2. The molecule has 206 valence electrons. The molecule has 2 heterocycles. The van der Waals surface area contributed by atoms with E-state index in [1.54, 1.807) is 4.90 Å². The number of alkyl carbamates (subject to hydrolysis) is 1. The highest BCUT2D eigenvalue weighted by Gasteiger charge is 2.53. The number of nitrogens with zero attached hydrogens (tertiary/aromatic N) is 2. The number of likely N-dealkylation sites (tertiary alicyclic amines) is 1. The summed E-state index contributed by atoms with van der Waals surface area (Å²) in [6.07, 6.45) is 9.08. The Labute approximate surface area is 231 Å². The summed E-state index contributed by atoms with van der Waals surface area (Å²) in [7, 11) is 0. The van der Waals surface area contributed by atoms with Crippen LogP contribution in [0.5, 0.6) is 0 Å². The average Bonchev–Trinajstić information content (AvgIpc) is 2.97. The molecule has 0 radical (unpaired) electrons. The highest BCUT2D eigenvalue weighted by Crippen LogP contribution is 2.33. The standard InChI is InChI=1S/C31H38N4O4/c1-2-20-35-28(36)27(15-9-10-19-32-30(38)39-24-26-13-7-4-8-14-26)33-29(37)31(35)17-22-34(23-18-31)21-16-25-11-5-3-6-12-25/h1,3-8,11-14,27H,9-10,15-24H2,(H,32,38)(H,33,37)/t27-/m0/s1. The Morgan fingerprint density at radius 2 is 1.69 bits per heavy atom. The molecule has 8 heteroatoms. The fourth-order valence-electron chi connectivity index (χ4n) is 5.41. The first-order valence-electron chi connectivity index (χ1n) is 13.8. The molecule has 39 heavy (non-hydrogen) atoms. The van der Waals surface area contributed by atoms with Crippen LogP contribution in [0.3, 0.4) is 0 Å². The molecule has 2 saturated heterocycles. The number of ether oxygens (including phenoxy) is 1. The third-order valence-corrected chi connectivity index (χ3v) is 7.70. The van der Waals surface area contributed by atoms with Gasteiger partial charge in [0.1, 0.15) is 18.2 Å². The smallest absolute Gasteiger partial charge is 0.407 e. The number of hydrogen-bond donors (Lipinski definition) is 2. The SMILES string of the molecule is C#CCN1C(=O)[C@H](CCCCNC(=O)OCc2ccccc2)NC(=O)C12CCN(CCc1ccccc1)CC2. The third kappa shape index (κ3) is 7.39. The van der Waals surface area contributed by atoms with Crippen molar-refractivity contribution in [3.8, 4) is 12.3 Å². The largest absolute Gasteiger partial charge is 0.445 e. The van der Waals surface area contributed by atoms with E-state index in [0.717, 1.165) is 31.6 Å². The minimum Gasteiger partial charge on any atom is -0.445 e. The van der Waals surface area contributed by atoms with Crippen molar-refractivity contribution in [1.29, 1.82) is 0 Å². The average molecular weight is 531 g/mol. The van der Waals surface area contributed by atoms with Crippen LogP contribution >= 0.6 is 0 Å². The molecular weight excluding hydrogens is 492 g/mol. The van der Waals surface area contributed by atoms with Gasteiger partial charge in [-0.25, -0.2) is 4.79 Å². The first-order valence-corrected chi connectivity index (χ1v) is 13.8. The number of amides is 3. The molecule has 4 rings (SSSR count). The van der Waals surface area contributed by atoms with Crippen LogP contribution in [0.4, 0.5) is 4.79 Å². The van der Waals surface area contributed by atoms with Gasteiger partial charge in [0.2, 0.25) is 11.8 Å². The molecule has 2 aliphatic rings. The topological polar surface area (TPSA) is 91.0 Å². The maximum Gasteiger partial charge on any atom is 0.407 e. The fraction of sp³-hybridized carbons (Fsp3) is 0.452. The highest BCUT2D eigenvalue weighted by atomic mass is 16.5. The van der Waals surface area contributed by atoms with Crippen LogP contribution in [-0.2, 0) is 27.4 Å². The second kappa shape index (κ2) is 13.8. The maximum absolute atomic E-state index is 13.4. The monoisotopic (exact) mass is 530 g/mol. The van der Waals surface area contributed by atoms with E-state index in [2.05, 4.69) is 33.6 Å². The van der Waals surface area contributed by atoms with E-state index in [0.29, 0.717) is 38.6 Å². The Morgan fingerprint density at radius 3 is 2.36 bits per heavy atom. The summed E-state index contributed by atoms with van der Waals surface area (Å²) in [5.74, 6) is 2.39. The zero-order valence-corrected chi connectivity index (χ0v) is 22.4. The van der Waals surface area contributed by atoms with Gasteiger partial charge in [-0.15, -0.1) is 6.42 Å². The lowest BCUT2D eigenvalue weighted by Gasteiger charge is -2.51. The highest BCUT2D eigenvalue weighted by molar-refractivity contribution is 6.00. The van der Waals surface area contributed by atoms with Gasteiger partial charge in [0.15, 0.2) is 0 Å². The molecule has 3 amide bonds. The summed E-state index contributed by atoms with van der Waals surface area (Å²) in [6, 6.07) is 19.2. The molecule has 2 aromatic carbocycles. The van der Waals surface area contributed by atoms with Gasteiger partial charge in [0.05, 0.1) is 6.54 Å². The van der Waals surface area contributed by atoms with Crippen molar-refractivity contribution in [2.24, 2.45) is 0 Å². The first kappa shape index (κ1) is 28.2. The third-order valence-electron chi connectivity index (χ3n) is 7.70. The van der Waals surface area contributed by atoms with Crippen LogP contribution in [0.25, 0.3) is 0 Å². The number of unbranched alkanes of at least 4 members (excludes halogenated alkanes) is 1. The Balaban J connectivity index is 1.21. The molecule has 0 aliphatic carbocycles. The van der Waals surface area contributed by atoms with Crippen molar-refractivity contribution in [3.63, 3.8) is 0 Å². The molecule has 2 N–H and O–H groups in total. The summed E-state index contributed by atoms with van der Waals surface area (Å²) in [6.45, 7) is 3.17. The van der Waals surface area contributed by atoms with E-state index in [1.165, 1.54) is 5.56 Å². The van der Waals surface area contributed by atoms with Crippen molar-refractivity contribution in [1.82, 2.24) is 20.4 Å². The van der Waals surface area contributed by atoms with Crippen molar-refractivity contribution in [3.05, 3.63) is 71.8 Å². The van der Waals surface area contributed by atoms with Gasteiger partial charge >= 0.3 is 6.09 Å². The Bertz CT molecular complexity index is 1140. The number of hydrogen-bond acceptors (Lipinski definition) is 5. The molecule has 2 fully saturated rings. The van der Waals surface area contributed by atoms with Crippen LogP contribution in [0, 0.1) is 12.3 Å². The van der Waals surface area contributed by atoms with Gasteiger partial charge < -0.3 is 25.2 Å². The first-order chi connectivity index (χ1) is 19.0. The van der Waals surface area contributed by atoms with E-state index in [4.69, 9.17) is 11.2 Å². The minimum atomic E-state index is -0.882. The van der Waals surface area contributed by atoms with Gasteiger partial charge in [-0.2, -0.15) is 0 Å². The molecule has 1 atom stereocenters. The van der Waals surface area contributed by atoms with Crippen molar-refractivity contribution < 1.29 is 19.1 Å². The predicted molar refractivity (Wildman–Crippen MR) is 150 cm³/mol. The number of carbonyl (C=O) groups excluding carboxylic acids is 3. The number of piperazine rings is 1. The number of rotatable bonds is 11. The van der Waals surface area contributed by atoms with E-state index in [-0.39, 0.29) is 25.0 Å². The van der Waals surface area contributed by atoms with E-state index in [1.807, 2.05) is 48.5 Å². The number of terminal acetylenes is 1. The van der Waals surface area contributed by atoms with E-state index >= 15 is 0 Å². The molecule has 1 spiro atoms. The summed E-state index contributed by atoms with van der Waals surface area (Å²) in [5.41, 5.74) is 1.33. The molecule has 2 aromatic rings. The lowest BCUT2D eigenvalue weighted by atomic mass is 9.81. The van der Waals surface area contributed by atoms with Crippen LogP contribution in [0.1, 0.15) is 43.2 Å². The van der Waals surface area contributed by atoms with E-state index in [9.17, 15) is 14.4 Å². The van der Waals surface area contributed by atoms with E-state index < -0.39 is 17.7 Å². The minimum absolute atomic E-state index is 0.104. The normalized spacial score (nSPS) is 18.8. The lowest BCUT2D eigenvalue weighted by Crippen LogP contribution is -2.72. The van der Waals surface area contributed by atoms with Crippen molar-refractivity contribution in [2.75, 3.05) is 32.7 Å². The molecular formula is C31H38N4O4. The zero-order valence-electron chi connectivity index (χ0n) is 22.4. The zero-order chi connectivity index (χ0) is 27.5. The van der Waals surface area contributed by atoms with Gasteiger partial charge in [-0.05, 0) is 49.7 Å². The predicted octanol–water partition coefficient (Wildman–Crippen LogP) is 3.12. The van der Waals surface area contributed by atoms with Gasteiger partial charge in [0.25, 0.3) is 0 Å². The van der Waals surface area contributed by atoms with Gasteiger partial charge in [-0.1, -0.05) is 66.6 Å². The number of piperidine rings is 1. The summed E-state index contributed by atoms with van der Waals surface area (Å²) < 4.78 is 5.22. The second-order valence-corrected chi connectivity index (χ2v) is 10.2. The Morgan fingerprint density at radius 1 is 1.03 bits per heavy atom. The Hall–Kier alpha value is -3.83.